The summed E-state index contributed by atoms with van der Waals surface area (Å²) in [6, 6.07) is 15.8. The molecule has 0 radical (unpaired) electrons. The van der Waals surface area contributed by atoms with Gasteiger partial charge in [-0.1, -0.05) is 48.5 Å². The van der Waals surface area contributed by atoms with Crippen LogP contribution >= 0.6 is 0 Å². The van der Waals surface area contributed by atoms with Crippen molar-refractivity contribution < 1.29 is 9.90 Å². The van der Waals surface area contributed by atoms with E-state index in [0.29, 0.717) is 6.54 Å². The molecule has 0 atom stereocenters. The highest BCUT2D eigenvalue weighted by molar-refractivity contribution is 5.92. The molecular weight excluding hydrogens is 358 g/mol. The molecule has 2 N–H and O–H groups in total. The molecule has 4 rings (SSSR count). The molecular formula is C19H15N7O2. The van der Waals surface area contributed by atoms with E-state index in [2.05, 4.69) is 36.0 Å². The van der Waals surface area contributed by atoms with Crippen molar-refractivity contribution in [3.8, 4) is 11.1 Å². The second kappa shape index (κ2) is 7.70. The van der Waals surface area contributed by atoms with Crippen LogP contribution in [0.3, 0.4) is 0 Å². The predicted molar refractivity (Wildman–Crippen MR) is 101 cm³/mol. The third-order valence-electron chi connectivity index (χ3n) is 4.27. The van der Waals surface area contributed by atoms with Gasteiger partial charge in [-0.15, -0.1) is 10.2 Å². The van der Waals surface area contributed by atoms with Crippen LogP contribution in [-0.4, -0.2) is 21.0 Å². The molecule has 2 heterocycles. The summed E-state index contributed by atoms with van der Waals surface area (Å²) >= 11 is 0. The van der Waals surface area contributed by atoms with Gasteiger partial charge in [0.15, 0.2) is 0 Å². The summed E-state index contributed by atoms with van der Waals surface area (Å²) in [5.41, 5.74) is 3.98. The number of nitrogens with one attached hydrogen (secondary N) is 1. The zero-order chi connectivity index (χ0) is 19.3. The van der Waals surface area contributed by atoms with Crippen LogP contribution in [0.4, 0.5) is 5.82 Å². The molecule has 3 aromatic rings. The van der Waals surface area contributed by atoms with Crippen molar-refractivity contribution in [3.05, 3.63) is 77.7 Å². The number of carboxylic acid groups (broad SMARTS) is 1. The Kier molecular flexibility index (Phi) is 4.79. The smallest absolute Gasteiger partial charge is 0.341 e. The average Bonchev–Trinajstić information content (AvgIpc) is 3.27. The maximum Gasteiger partial charge on any atom is 0.341 e. The summed E-state index contributed by atoms with van der Waals surface area (Å²) in [5.74, 6) is -0.787. The first kappa shape index (κ1) is 17.4. The molecule has 0 unspecified atom stereocenters. The molecule has 0 amide bonds. The molecule has 0 bridgehead atoms. The number of rotatable bonds is 6. The lowest BCUT2D eigenvalue weighted by Gasteiger charge is -2.12. The maximum absolute atomic E-state index is 11.2. The van der Waals surface area contributed by atoms with Crippen molar-refractivity contribution >= 4 is 11.8 Å². The van der Waals surface area contributed by atoms with Gasteiger partial charge in [-0.2, -0.15) is 0 Å². The Morgan fingerprint density at radius 2 is 1.79 bits per heavy atom. The Hall–Kier alpha value is -4.01. The molecule has 0 aliphatic carbocycles. The second-order valence-corrected chi connectivity index (χ2v) is 6.01. The average molecular weight is 373 g/mol. The minimum atomic E-state index is -1.07. The van der Waals surface area contributed by atoms with Crippen molar-refractivity contribution in [1.29, 1.82) is 0 Å². The fourth-order valence-electron chi connectivity index (χ4n) is 2.89. The van der Waals surface area contributed by atoms with Crippen molar-refractivity contribution in [2.75, 3.05) is 5.32 Å². The van der Waals surface area contributed by atoms with Gasteiger partial charge in [0.05, 0.1) is 0 Å². The monoisotopic (exact) mass is 373 g/mol. The maximum atomic E-state index is 11.2. The van der Waals surface area contributed by atoms with Crippen molar-refractivity contribution in [2.45, 2.75) is 12.7 Å². The predicted octanol–water partition coefficient (Wildman–Crippen LogP) is 4.29. The third kappa shape index (κ3) is 3.58. The fraction of sp³-hybridized carbons (Fsp3) is 0.105. The van der Waals surface area contributed by atoms with E-state index in [1.807, 2.05) is 48.5 Å². The van der Waals surface area contributed by atoms with E-state index in [1.165, 1.54) is 12.5 Å². The standard InChI is InChI=1S/C19H15N7O2/c27-19(28)16-10-20-11-22-17(16)21-9-12-5-7-13(8-6-12)14-3-1-2-4-15(14)18-23-25-26-24-18/h1-8,10-11,18H,9H2,(H,27,28)(H,20,21,22). The quantitative estimate of drug-likeness (QED) is 0.667. The van der Waals surface area contributed by atoms with Gasteiger partial charge < -0.3 is 10.4 Å². The topological polar surface area (TPSA) is 125 Å². The van der Waals surface area contributed by atoms with E-state index in [-0.39, 0.29) is 11.4 Å². The fourth-order valence-corrected chi connectivity index (χ4v) is 2.89. The number of benzene rings is 2. The lowest BCUT2D eigenvalue weighted by atomic mass is 9.97. The van der Waals surface area contributed by atoms with Crippen molar-refractivity contribution in [2.24, 2.45) is 20.7 Å². The Balaban J connectivity index is 1.52. The van der Waals surface area contributed by atoms with Crippen LogP contribution in [0.1, 0.15) is 27.7 Å². The van der Waals surface area contributed by atoms with Gasteiger partial charge >= 0.3 is 5.97 Å². The second-order valence-electron chi connectivity index (χ2n) is 6.01. The van der Waals surface area contributed by atoms with Crippen LogP contribution in [0.15, 0.2) is 81.7 Å². The molecule has 0 spiro atoms. The molecule has 1 aliphatic heterocycles. The van der Waals surface area contributed by atoms with Crippen LogP contribution in [0.2, 0.25) is 0 Å². The summed E-state index contributed by atoms with van der Waals surface area (Å²) in [7, 11) is 0. The van der Waals surface area contributed by atoms with Gasteiger partial charge in [-0.3, -0.25) is 0 Å². The summed E-state index contributed by atoms with van der Waals surface area (Å²) in [5, 5.41) is 27.4. The number of aromatic nitrogens is 2. The van der Waals surface area contributed by atoms with E-state index in [0.717, 1.165) is 22.3 Å². The number of aromatic carboxylic acids is 1. The summed E-state index contributed by atoms with van der Waals surface area (Å²) < 4.78 is 0. The van der Waals surface area contributed by atoms with E-state index in [4.69, 9.17) is 0 Å². The van der Waals surface area contributed by atoms with Crippen molar-refractivity contribution in [3.63, 3.8) is 0 Å². The number of nitrogens with zero attached hydrogens (tertiary/aromatic N) is 6. The summed E-state index contributed by atoms with van der Waals surface area (Å²) in [4.78, 5) is 19.0. The molecule has 138 valence electrons. The number of carbonyl (C=O) groups is 1. The van der Waals surface area contributed by atoms with Crippen LogP contribution in [0, 0.1) is 0 Å². The minimum absolute atomic E-state index is 0.0351. The van der Waals surface area contributed by atoms with Crippen LogP contribution < -0.4 is 5.32 Å². The van der Waals surface area contributed by atoms with E-state index in [1.54, 1.807) is 0 Å². The van der Waals surface area contributed by atoms with Crippen LogP contribution in [-0.2, 0) is 6.54 Å². The lowest BCUT2D eigenvalue weighted by molar-refractivity contribution is 0.0697. The van der Waals surface area contributed by atoms with E-state index < -0.39 is 12.1 Å². The van der Waals surface area contributed by atoms with Gasteiger partial charge in [0.2, 0.25) is 6.17 Å². The molecule has 28 heavy (non-hydrogen) atoms. The van der Waals surface area contributed by atoms with Gasteiger partial charge in [-0.05, 0) is 27.1 Å². The molecule has 0 saturated heterocycles. The molecule has 9 nitrogen and oxygen atoms in total. The van der Waals surface area contributed by atoms with Crippen LogP contribution in [0.5, 0.6) is 0 Å². The zero-order valence-electron chi connectivity index (χ0n) is 14.6. The highest BCUT2D eigenvalue weighted by atomic mass is 16.4. The summed E-state index contributed by atoms with van der Waals surface area (Å²) in [6.07, 6.45) is 2.17. The van der Waals surface area contributed by atoms with E-state index in [9.17, 15) is 9.90 Å². The number of hydrogen-bond donors (Lipinski definition) is 2. The number of anilines is 1. The Morgan fingerprint density at radius 1 is 1.04 bits per heavy atom. The van der Waals surface area contributed by atoms with Gasteiger partial charge in [0, 0.05) is 18.3 Å². The van der Waals surface area contributed by atoms with E-state index >= 15 is 0 Å². The minimum Gasteiger partial charge on any atom is -0.477 e. The van der Waals surface area contributed by atoms with Gasteiger partial charge in [-0.25, -0.2) is 14.8 Å². The molecule has 9 heteroatoms. The van der Waals surface area contributed by atoms with Crippen LogP contribution in [0.25, 0.3) is 11.1 Å². The molecule has 2 aromatic carbocycles. The highest BCUT2D eigenvalue weighted by Crippen LogP contribution is 2.33. The summed E-state index contributed by atoms with van der Waals surface area (Å²) in [6.45, 7) is 0.435. The third-order valence-corrected chi connectivity index (χ3v) is 4.27. The zero-order valence-corrected chi connectivity index (χ0v) is 14.6. The highest BCUT2D eigenvalue weighted by Gasteiger charge is 2.17. The molecule has 1 aliphatic rings. The largest absolute Gasteiger partial charge is 0.477 e. The van der Waals surface area contributed by atoms with Crippen molar-refractivity contribution in [1.82, 2.24) is 9.97 Å². The Morgan fingerprint density at radius 3 is 2.54 bits per heavy atom. The normalized spacial score (nSPS) is 13.0. The first-order valence-corrected chi connectivity index (χ1v) is 8.48. The lowest BCUT2D eigenvalue weighted by Crippen LogP contribution is -2.08. The molecule has 1 aromatic heterocycles. The number of hydrogen-bond acceptors (Lipinski definition) is 8. The van der Waals surface area contributed by atoms with Gasteiger partial charge in [0.25, 0.3) is 0 Å². The first-order valence-electron chi connectivity index (χ1n) is 8.48. The molecule has 0 saturated carbocycles. The van der Waals surface area contributed by atoms with Gasteiger partial charge in [0.1, 0.15) is 17.7 Å². The number of carboxylic acids is 1. The SMILES string of the molecule is O=C(O)c1cncnc1NCc1ccc(-c2ccccc2C2N=NN=N2)cc1. The Labute approximate surface area is 159 Å². The Bertz CT molecular complexity index is 1050. The molecule has 0 fully saturated rings. The first-order chi connectivity index (χ1) is 13.7.